The van der Waals surface area contributed by atoms with Gasteiger partial charge in [-0.1, -0.05) is 11.9 Å². The highest BCUT2D eigenvalue weighted by Gasteiger charge is 2.31. The van der Waals surface area contributed by atoms with Crippen molar-refractivity contribution in [3.63, 3.8) is 0 Å². The van der Waals surface area contributed by atoms with E-state index >= 15 is 0 Å². The molecule has 1 N–H and O–H groups in total. The first-order valence-corrected chi connectivity index (χ1v) is 15.5. The number of carbonyl (C=O) groups excluding carboxylic acids is 2. The van der Waals surface area contributed by atoms with Crippen LogP contribution in [0, 0.1) is 5.82 Å². The number of hydrogen-bond acceptors (Lipinski definition) is 6. The zero-order valence-corrected chi connectivity index (χ0v) is 25.0. The smallest absolute Gasteiger partial charge is 0.270 e. The highest BCUT2D eigenvalue weighted by molar-refractivity contribution is 7.99. The van der Waals surface area contributed by atoms with Crippen molar-refractivity contribution in [3.8, 4) is 11.3 Å². The molecule has 4 heterocycles. The van der Waals surface area contributed by atoms with Gasteiger partial charge in [0.2, 0.25) is 0 Å². The van der Waals surface area contributed by atoms with Gasteiger partial charge in [-0.3, -0.25) is 9.59 Å². The predicted molar refractivity (Wildman–Crippen MR) is 166 cm³/mol. The van der Waals surface area contributed by atoms with E-state index in [2.05, 4.69) is 15.7 Å². The van der Waals surface area contributed by atoms with E-state index in [1.165, 1.54) is 12.1 Å². The largest absolute Gasteiger partial charge is 0.455 e. The van der Waals surface area contributed by atoms with Crippen LogP contribution in [-0.2, 0) is 7.05 Å². The van der Waals surface area contributed by atoms with Crippen LogP contribution >= 0.6 is 23.3 Å². The number of nitrogens with one attached hydrogen (secondary N) is 1. The minimum atomic E-state index is -0.357. The first kappa shape index (κ1) is 27.4. The average molecular weight is 591 g/mol. The molecule has 1 atom stereocenters. The number of fused-ring (bicyclic) bond motifs is 2. The first-order valence-electron chi connectivity index (χ1n) is 13.5. The van der Waals surface area contributed by atoms with Crippen molar-refractivity contribution in [3.05, 3.63) is 76.5 Å². The molecule has 41 heavy (non-hydrogen) atoms. The summed E-state index contributed by atoms with van der Waals surface area (Å²) in [4.78, 5) is 28.9. The third kappa shape index (κ3) is 4.78. The number of benzene rings is 2. The molecule has 2 amide bonds. The molecule has 0 saturated carbocycles. The van der Waals surface area contributed by atoms with Crippen LogP contribution in [0.1, 0.15) is 45.2 Å². The fourth-order valence-electron chi connectivity index (χ4n) is 5.83. The lowest BCUT2D eigenvalue weighted by Crippen LogP contribution is -2.40. The first-order chi connectivity index (χ1) is 19.8. The second-order valence-corrected chi connectivity index (χ2v) is 12.2. The summed E-state index contributed by atoms with van der Waals surface area (Å²) in [6.45, 7) is 1.28. The lowest BCUT2D eigenvalue weighted by molar-refractivity contribution is 0.0698. The number of halogens is 1. The summed E-state index contributed by atoms with van der Waals surface area (Å²) < 4.78 is 25.1. The highest BCUT2D eigenvalue weighted by atomic mass is 32.2. The Morgan fingerprint density at radius 2 is 1.95 bits per heavy atom. The third-order valence-corrected chi connectivity index (χ3v) is 9.64. The molecular formula is C31H31FN4O3S2. The van der Waals surface area contributed by atoms with E-state index in [0.29, 0.717) is 46.6 Å². The second-order valence-electron chi connectivity index (χ2n) is 10.3. The Bertz CT molecular complexity index is 1770. The number of likely N-dealkylation sites (tertiary alicyclic amines) is 1. The quantitative estimate of drug-likeness (QED) is 0.218. The number of nitrogens with zero attached hydrogens (tertiary/aromatic N) is 3. The number of amides is 2. The number of piperidine rings is 1. The number of aromatic nitrogens is 1. The maximum Gasteiger partial charge on any atom is 0.270 e. The van der Waals surface area contributed by atoms with Crippen molar-refractivity contribution in [2.45, 2.75) is 18.8 Å². The molecule has 5 aromatic rings. The Balaban J connectivity index is 1.43. The zero-order valence-electron chi connectivity index (χ0n) is 23.4. The molecule has 0 spiro atoms. The van der Waals surface area contributed by atoms with Gasteiger partial charge in [-0.2, -0.15) is 0 Å². The Labute approximate surface area is 246 Å². The van der Waals surface area contributed by atoms with Gasteiger partial charge >= 0.3 is 0 Å². The van der Waals surface area contributed by atoms with Crippen molar-refractivity contribution in [2.75, 3.05) is 37.7 Å². The molecule has 1 aliphatic rings. The summed E-state index contributed by atoms with van der Waals surface area (Å²) >= 11 is 3.22. The van der Waals surface area contributed by atoms with Crippen LogP contribution in [0.25, 0.3) is 32.5 Å². The molecule has 3 aromatic heterocycles. The van der Waals surface area contributed by atoms with Crippen LogP contribution in [0.5, 0.6) is 0 Å². The number of hydrogen-bond donors (Lipinski definition) is 1. The average Bonchev–Trinajstić information content (AvgIpc) is 3.70. The summed E-state index contributed by atoms with van der Waals surface area (Å²) in [5.41, 5.74) is 5.43. The lowest BCUT2D eigenvalue weighted by atomic mass is 9.88. The summed E-state index contributed by atoms with van der Waals surface area (Å²) in [6, 6.07) is 14.0. The molecular weight excluding hydrogens is 559 g/mol. The molecule has 7 nitrogen and oxygen atoms in total. The fourth-order valence-corrected chi connectivity index (χ4v) is 7.04. The van der Waals surface area contributed by atoms with E-state index < -0.39 is 0 Å². The predicted octanol–water partition coefficient (Wildman–Crippen LogP) is 6.89. The summed E-state index contributed by atoms with van der Waals surface area (Å²) in [6.07, 6.45) is 3.81. The number of thiophene rings is 1. The third-order valence-electron chi connectivity index (χ3n) is 8.04. The van der Waals surface area contributed by atoms with Gasteiger partial charge in [0.1, 0.15) is 22.9 Å². The van der Waals surface area contributed by atoms with Gasteiger partial charge in [0.25, 0.3) is 11.8 Å². The normalized spacial score (nSPS) is 15.5. The molecule has 6 rings (SSSR count). The van der Waals surface area contributed by atoms with Gasteiger partial charge in [-0.25, -0.2) is 4.39 Å². The van der Waals surface area contributed by atoms with E-state index in [4.69, 9.17) is 4.42 Å². The van der Waals surface area contributed by atoms with Gasteiger partial charge in [-0.05, 0) is 66.2 Å². The minimum absolute atomic E-state index is 0.0365. The molecule has 1 aliphatic heterocycles. The topological polar surface area (TPSA) is 70.7 Å². The van der Waals surface area contributed by atoms with Crippen molar-refractivity contribution in [2.24, 2.45) is 7.05 Å². The van der Waals surface area contributed by atoms with E-state index in [9.17, 15) is 14.0 Å². The summed E-state index contributed by atoms with van der Waals surface area (Å²) in [7, 11) is 5.53. The van der Waals surface area contributed by atoms with Crippen molar-refractivity contribution < 1.29 is 18.4 Å². The molecule has 0 bridgehead atoms. The van der Waals surface area contributed by atoms with E-state index in [-0.39, 0.29) is 23.5 Å². The Hall–Kier alpha value is -3.76. The van der Waals surface area contributed by atoms with Crippen molar-refractivity contribution in [1.29, 1.82) is 0 Å². The van der Waals surface area contributed by atoms with Crippen LogP contribution < -0.4 is 9.62 Å². The number of rotatable bonds is 6. The maximum atomic E-state index is 13.7. The molecule has 1 fully saturated rings. The second kappa shape index (κ2) is 10.9. The van der Waals surface area contributed by atoms with Crippen LogP contribution in [0.15, 0.2) is 58.3 Å². The minimum Gasteiger partial charge on any atom is -0.455 e. The maximum absolute atomic E-state index is 13.7. The number of carbonyl (C=O) groups is 2. The molecule has 0 unspecified atom stereocenters. The Morgan fingerprint density at radius 3 is 2.66 bits per heavy atom. The SMILES string of the molecule is CNC(=O)c1c(-c2ccc(F)cc2)oc2cc(N(C)SC)c([C@@H]3CCCN(C(=O)c4cc5sccc5n4C)C3)cc12. The number of aryl methyl sites for hydroxylation is 1. The number of anilines is 1. The Morgan fingerprint density at radius 1 is 1.17 bits per heavy atom. The zero-order chi connectivity index (χ0) is 28.8. The Kier molecular flexibility index (Phi) is 7.29. The lowest BCUT2D eigenvalue weighted by Gasteiger charge is -2.35. The molecule has 10 heteroatoms. The summed E-state index contributed by atoms with van der Waals surface area (Å²) in [5, 5.41) is 5.48. The van der Waals surface area contributed by atoms with Crippen molar-refractivity contribution >= 4 is 62.0 Å². The molecule has 212 valence electrons. The summed E-state index contributed by atoms with van der Waals surface area (Å²) in [5.74, 6) is -0.120. The molecule has 2 aromatic carbocycles. The standard InChI is InChI=1S/C31H31FN4O3S2/c1-33-30(37)28-22-14-21(24(35(3)40-4)15-26(22)39-29(28)18-7-9-20(32)10-8-18)19-6-5-12-36(17-19)31(38)25-16-27-23(34(25)2)11-13-41-27/h7-11,13-16,19H,5-6,12,17H2,1-4H3,(H,33,37)/t19-/m1/s1. The molecule has 1 saturated heterocycles. The van der Waals surface area contributed by atoms with E-state index in [0.717, 1.165) is 34.3 Å². The van der Waals surface area contributed by atoms with Crippen molar-refractivity contribution in [1.82, 2.24) is 14.8 Å². The monoisotopic (exact) mass is 590 g/mol. The van der Waals surface area contributed by atoms with Gasteiger partial charge < -0.3 is 23.5 Å². The van der Waals surface area contributed by atoms with Crippen LogP contribution in [0.2, 0.25) is 0 Å². The van der Waals surface area contributed by atoms with Gasteiger partial charge in [0, 0.05) is 63.4 Å². The van der Waals surface area contributed by atoms with Gasteiger partial charge in [-0.15, -0.1) is 11.3 Å². The molecule has 0 aliphatic carbocycles. The fraction of sp³-hybridized carbons (Fsp3) is 0.290. The van der Waals surface area contributed by atoms with Crippen LogP contribution in [0.3, 0.4) is 0 Å². The highest BCUT2D eigenvalue weighted by Crippen LogP contribution is 2.42. The van der Waals surface area contributed by atoms with Gasteiger partial charge in [0.15, 0.2) is 0 Å². The number of furan rings is 1. The van der Waals surface area contributed by atoms with Gasteiger partial charge in [0.05, 0.1) is 21.5 Å². The van der Waals surface area contributed by atoms with E-state index in [1.54, 1.807) is 42.5 Å². The van der Waals surface area contributed by atoms with Crippen LogP contribution in [0.4, 0.5) is 10.1 Å². The van der Waals surface area contributed by atoms with E-state index in [1.807, 2.05) is 53.4 Å². The molecule has 0 radical (unpaired) electrons. The van der Waals surface area contributed by atoms with Crippen LogP contribution in [-0.4, -0.2) is 54.7 Å².